The van der Waals surface area contributed by atoms with Crippen LogP contribution in [0.25, 0.3) is 11.2 Å². The van der Waals surface area contributed by atoms with Crippen LogP contribution in [0.5, 0.6) is 0 Å². The molecule has 3 aromatic rings. The summed E-state index contributed by atoms with van der Waals surface area (Å²) in [4.78, 5) is 21.0. The summed E-state index contributed by atoms with van der Waals surface area (Å²) in [6, 6.07) is 11.8. The minimum Gasteiger partial charge on any atom is -0.356 e. The smallest absolute Gasteiger partial charge is 0.253 e. The van der Waals surface area contributed by atoms with E-state index in [1.54, 1.807) is 4.52 Å². The number of anilines is 2. The molecule has 2 aliphatic rings. The highest BCUT2D eigenvalue weighted by Crippen LogP contribution is 2.27. The van der Waals surface area contributed by atoms with Crippen LogP contribution in [-0.4, -0.2) is 87.7 Å². The molecule has 1 amide bonds. The third-order valence-electron chi connectivity index (χ3n) is 6.54. The molecule has 10 heteroatoms. The number of hydrogen-bond donors (Lipinski definition) is 3. The largest absolute Gasteiger partial charge is 0.356 e. The molecule has 0 saturated carbocycles. The first-order valence-corrected chi connectivity index (χ1v) is 12.0. The standard InChI is InChI=1S/C25H31N7O3/c1-3-35-25(34)30-13-10-17(11-14-30)21-5-4-12-32-22(21)28-24(29-32)27-19-8-6-18(7-9-19)23(33)31-15-20(16-31)26-2/h4-10,12,20,25-26,34H,3,11,13-16H2,1-2H3,(H,27,29). The van der Waals surface area contributed by atoms with Crippen LogP contribution in [0.1, 0.15) is 29.3 Å². The number of likely N-dealkylation sites (tertiary alicyclic amines) is 1. The van der Waals surface area contributed by atoms with Crippen molar-refractivity contribution in [3.8, 4) is 0 Å². The number of fused-ring (bicyclic) bond motifs is 1. The number of rotatable bonds is 8. The maximum atomic E-state index is 12.6. The van der Waals surface area contributed by atoms with Gasteiger partial charge in [-0.3, -0.25) is 9.69 Å². The second-order valence-corrected chi connectivity index (χ2v) is 8.78. The summed E-state index contributed by atoms with van der Waals surface area (Å²) in [5.41, 5.74) is 4.44. The number of pyridine rings is 1. The molecule has 4 heterocycles. The van der Waals surface area contributed by atoms with E-state index in [9.17, 15) is 9.90 Å². The molecule has 1 fully saturated rings. The molecule has 1 atom stereocenters. The van der Waals surface area contributed by atoms with Crippen LogP contribution in [0.2, 0.25) is 0 Å². The first-order valence-electron chi connectivity index (χ1n) is 12.0. The van der Waals surface area contributed by atoms with Crippen molar-refractivity contribution in [2.24, 2.45) is 0 Å². The maximum absolute atomic E-state index is 12.6. The predicted molar refractivity (Wildman–Crippen MR) is 133 cm³/mol. The lowest BCUT2D eigenvalue weighted by atomic mass is 10.0. The van der Waals surface area contributed by atoms with Crippen LogP contribution in [-0.2, 0) is 4.74 Å². The summed E-state index contributed by atoms with van der Waals surface area (Å²) in [7, 11) is 1.91. The molecule has 35 heavy (non-hydrogen) atoms. The number of aliphatic hydroxyl groups excluding tert-OH is 1. The van der Waals surface area contributed by atoms with E-state index in [-0.39, 0.29) is 5.91 Å². The van der Waals surface area contributed by atoms with Crippen LogP contribution in [0.4, 0.5) is 11.6 Å². The lowest BCUT2D eigenvalue weighted by Gasteiger charge is -2.39. The molecular weight excluding hydrogens is 446 g/mol. The van der Waals surface area contributed by atoms with Crippen LogP contribution in [0.3, 0.4) is 0 Å². The van der Waals surface area contributed by atoms with E-state index in [1.807, 2.05) is 66.4 Å². The van der Waals surface area contributed by atoms with Crippen LogP contribution >= 0.6 is 0 Å². The Morgan fingerprint density at radius 3 is 2.74 bits per heavy atom. The summed E-state index contributed by atoms with van der Waals surface area (Å²) in [6.07, 6.45) is 3.88. The molecule has 1 aromatic carbocycles. The third kappa shape index (κ3) is 4.92. The highest BCUT2D eigenvalue weighted by molar-refractivity contribution is 5.95. The second kappa shape index (κ2) is 10.1. The molecule has 0 spiro atoms. The number of nitrogens with one attached hydrogen (secondary N) is 2. The average molecular weight is 478 g/mol. The van der Waals surface area contributed by atoms with Gasteiger partial charge in [0.25, 0.3) is 5.91 Å². The van der Waals surface area contributed by atoms with Crippen molar-refractivity contribution in [1.82, 2.24) is 29.7 Å². The van der Waals surface area contributed by atoms with Crippen molar-refractivity contribution in [3.05, 3.63) is 59.8 Å². The Balaban J connectivity index is 1.28. The monoisotopic (exact) mass is 477 g/mol. The van der Waals surface area contributed by atoms with E-state index in [0.717, 1.165) is 36.4 Å². The number of benzene rings is 1. The molecule has 184 valence electrons. The number of aliphatic hydroxyl groups is 1. The number of aromatic nitrogens is 3. The van der Waals surface area contributed by atoms with Crippen LogP contribution < -0.4 is 10.6 Å². The Morgan fingerprint density at radius 1 is 1.26 bits per heavy atom. The van der Waals surface area contributed by atoms with Crippen LogP contribution in [0, 0.1) is 0 Å². The highest BCUT2D eigenvalue weighted by atomic mass is 16.6. The topological polar surface area (TPSA) is 107 Å². The Kier molecular flexibility index (Phi) is 6.78. The molecule has 0 bridgehead atoms. The van der Waals surface area contributed by atoms with Gasteiger partial charge in [0.2, 0.25) is 12.4 Å². The van der Waals surface area contributed by atoms with Crippen molar-refractivity contribution < 1.29 is 14.6 Å². The van der Waals surface area contributed by atoms with Gasteiger partial charge in [0.1, 0.15) is 0 Å². The minimum atomic E-state index is -0.879. The van der Waals surface area contributed by atoms with Gasteiger partial charge < -0.3 is 25.4 Å². The Hall–Kier alpha value is -3.31. The third-order valence-corrected chi connectivity index (χ3v) is 6.54. The van der Waals surface area contributed by atoms with Gasteiger partial charge in [-0.05, 0) is 62.4 Å². The van der Waals surface area contributed by atoms with Gasteiger partial charge in [-0.1, -0.05) is 6.08 Å². The van der Waals surface area contributed by atoms with Gasteiger partial charge in [0.15, 0.2) is 5.65 Å². The zero-order chi connectivity index (χ0) is 24.4. The summed E-state index contributed by atoms with van der Waals surface area (Å²) in [6.45, 7) is 5.12. The lowest BCUT2D eigenvalue weighted by molar-refractivity contribution is -0.187. The Bertz CT molecular complexity index is 1220. The fourth-order valence-corrected chi connectivity index (χ4v) is 4.43. The molecule has 2 aliphatic heterocycles. The number of ether oxygens (including phenoxy) is 1. The second-order valence-electron chi connectivity index (χ2n) is 8.78. The van der Waals surface area contributed by atoms with Gasteiger partial charge in [-0.2, -0.15) is 4.98 Å². The number of carbonyl (C=O) groups is 1. The minimum absolute atomic E-state index is 0.0478. The zero-order valence-electron chi connectivity index (χ0n) is 20.0. The van der Waals surface area contributed by atoms with Gasteiger partial charge >= 0.3 is 0 Å². The Morgan fingerprint density at radius 2 is 2.06 bits per heavy atom. The van der Waals surface area contributed by atoms with Crippen molar-refractivity contribution in [3.63, 3.8) is 0 Å². The zero-order valence-corrected chi connectivity index (χ0v) is 20.0. The van der Waals surface area contributed by atoms with Gasteiger partial charge in [-0.25, -0.2) is 4.52 Å². The molecule has 3 N–H and O–H groups in total. The molecule has 1 unspecified atom stereocenters. The van der Waals surface area contributed by atoms with E-state index >= 15 is 0 Å². The van der Waals surface area contributed by atoms with Crippen LogP contribution in [0.15, 0.2) is 48.7 Å². The maximum Gasteiger partial charge on any atom is 0.253 e. The molecular formula is C25H31N7O3. The fraction of sp³-hybridized carbons (Fsp3) is 0.400. The number of carbonyl (C=O) groups excluding carboxylic acids is 1. The molecule has 1 saturated heterocycles. The average Bonchev–Trinajstić information content (AvgIpc) is 3.26. The molecule has 0 aliphatic carbocycles. The van der Waals surface area contributed by atoms with Crippen molar-refractivity contribution in [2.75, 3.05) is 45.2 Å². The Labute approximate surface area is 204 Å². The first-order chi connectivity index (χ1) is 17.1. The quantitative estimate of drug-likeness (QED) is 0.423. The summed E-state index contributed by atoms with van der Waals surface area (Å²) < 4.78 is 7.06. The van der Waals surface area contributed by atoms with Gasteiger partial charge in [0.05, 0.1) is 0 Å². The van der Waals surface area contributed by atoms with E-state index in [2.05, 4.69) is 21.8 Å². The van der Waals surface area contributed by atoms with E-state index < -0.39 is 6.41 Å². The summed E-state index contributed by atoms with van der Waals surface area (Å²) >= 11 is 0. The van der Waals surface area contributed by atoms with E-state index in [0.29, 0.717) is 37.3 Å². The number of likely N-dealkylation sites (N-methyl/N-ethyl adjacent to an activating group) is 1. The van der Waals surface area contributed by atoms with Gasteiger partial charge in [0, 0.05) is 61.8 Å². The van der Waals surface area contributed by atoms with E-state index in [1.165, 1.54) is 5.57 Å². The predicted octanol–water partition coefficient (Wildman–Crippen LogP) is 1.92. The number of hydrogen-bond acceptors (Lipinski definition) is 8. The van der Waals surface area contributed by atoms with Crippen molar-refractivity contribution in [2.45, 2.75) is 25.8 Å². The van der Waals surface area contributed by atoms with E-state index in [4.69, 9.17) is 9.72 Å². The SMILES string of the molecule is CCOC(O)N1CC=C(c2cccn3nc(Nc4ccc(C(=O)N5CC(NC)C5)cc4)nc23)CC1. The summed E-state index contributed by atoms with van der Waals surface area (Å²) in [5, 5.41) is 21.1. The fourth-order valence-electron chi connectivity index (χ4n) is 4.43. The van der Waals surface area contributed by atoms with Crippen molar-refractivity contribution >= 4 is 28.8 Å². The molecule has 2 aromatic heterocycles. The highest BCUT2D eigenvalue weighted by Gasteiger charge is 2.29. The normalized spacial score (nSPS) is 17.8. The lowest BCUT2D eigenvalue weighted by Crippen LogP contribution is -2.58. The molecule has 5 rings (SSSR count). The van der Waals surface area contributed by atoms with Gasteiger partial charge in [-0.15, -0.1) is 5.10 Å². The number of nitrogens with zero attached hydrogens (tertiary/aromatic N) is 5. The first kappa shape index (κ1) is 23.4. The summed E-state index contributed by atoms with van der Waals surface area (Å²) in [5.74, 6) is 0.535. The molecule has 10 nitrogen and oxygen atoms in total. The molecule has 0 radical (unpaired) electrons. The van der Waals surface area contributed by atoms with Crippen molar-refractivity contribution in [1.29, 1.82) is 0 Å². The number of amides is 1.